The number of amides is 1. The summed E-state index contributed by atoms with van der Waals surface area (Å²) in [6.45, 7) is 1.59. The Bertz CT molecular complexity index is 496. The molecule has 0 bridgehead atoms. The Morgan fingerprint density at radius 2 is 1.95 bits per heavy atom. The third-order valence-electron chi connectivity index (χ3n) is 5.00. The molecule has 1 aromatic carbocycles. The first-order valence-corrected chi connectivity index (χ1v) is 7.97. The summed E-state index contributed by atoms with van der Waals surface area (Å²) in [6, 6.07) is 6.71. The van der Waals surface area contributed by atoms with Crippen molar-refractivity contribution in [1.29, 1.82) is 0 Å². The molecule has 122 valence electrons. The summed E-state index contributed by atoms with van der Waals surface area (Å²) in [5.74, 6) is -0.0910. The van der Waals surface area contributed by atoms with E-state index < -0.39 is 0 Å². The highest BCUT2D eigenvalue weighted by Crippen LogP contribution is 2.43. The number of nitrogens with one attached hydrogen (secondary N) is 2. The van der Waals surface area contributed by atoms with Crippen LogP contribution in [0.2, 0.25) is 0 Å². The molecule has 1 heterocycles. The average molecular weight is 327 g/mol. The number of hydrogen-bond donors (Lipinski definition) is 2. The molecule has 1 saturated heterocycles. The Morgan fingerprint density at radius 1 is 1.23 bits per heavy atom. The number of benzene rings is 1. The number of hydrogen-bond acceptors (Lipinski definition) is 2. The van der Waals surface area contributed by atoms with E-state index in [2.05, 4.69) is 10.6 Å². The molecule has 5 heteroatoms. The number of piperidine rings is 1. The number of halogens is 2. The van der Waals surface area contributed by atoms with Gasteiger partial charge in [0.25, 0.3) is 0 Å². The molecule has 22 heavy (non-hydrogen) atoms. The van der Waals surface area contributed by atoms with Crippen molar-refractivity contribution in [2.75, 3.05) is 13.1 Å². The summed E-state index contributed by atoms with van der Waals surface area (Å²) in [5, 5.41) is 6.39. The molecule has 1 aliphatic heterocycles. The van der Waals surface area contributed by atoms with Crippen LogP contribution in [0.4, 0.5) is 4.39 Å². The minimum atomic E-state index is -0.205. The van der Waals surface area contributed by atoms with Gasteiger partial charge in [0.1, 0.15) is 5.82 Å². The summed E-state index contributed by atoms with van der Waals surface area (Å²) < 4.78 is 13.1. The van der Waals surface area contributed by atoms with E-state index in [0.29, 0.717) is 6.54 Å². The topological polar surface area (TPSA) is 41.1 Å². The molecule has 2 fully saturated rings. The van der Waals surface area contributed by atoms with Crippen LogP contribution in [0.5, 0.6) is 0 Å². The van der Waals surface area contributed by atoms with Crippen LogP contribution in [0, 0.1) is 5.82 Å². The van der Waals surface area contributed by atoms with E-state index >= 15 is 0 Å². The molecule has 1 unspecified atom stereocenters. The lowest BCUT2D eigenvalue weighted by Crippen LogP contribution is -2.51. The zero-order valence-corrected chi connectivity index (χ0v) is 13.6. The van der Waals surface area contributed by atoms with Crippen molar-refractivity contribution in [3.05, 3.63) is 35.6 Å². The third kappa shape index (κ3) is 3.61. The summed E-state index contributed by atoms with van der Waals surface area (Å²) in [4.78, 5) is 12.2. The Labute approximate surface area is 137 Å². The number of carbonyl (C=O) groups excluding carboxylic acids is 1. The van der Waals surface area contributed by atoms with Gasteiger partial charge >= 0.3 is 0 Å². The average Bonchev–Trinajstić information content (AvgIpc) is 2.48. The van der Waals surface area contributed by atoms with E-state index in [9.17, 15) is 9.18 Å². The molecule has 3 rings (SSSR count). The summed E-state index contributed by atoms with van der Waals surface area (Å²) in [5.41, 5.74) is 1.16. The first-order chi connectivity index (χ1) is 10.2. The fourth-order valence-corrected chi connectivity index (χ4v) is 3.43. The van der Waals surface area contributed by atoms with Crippen molar-refractivity contribution in [2.45, 2.75) is 50.0 Å². The van der Waals surface area contributed by atoms with Gasteiger partial charge in [-0.3, -0.25) is 4.79 Å². The van der Waals surface area contributed by atoms with Crippen LogP contribution >= 0.6 is 12.4 Å². The van der Waals surface area contributed by atoms with E-state index in [1.165, 1.54) is 18.6 Å². The lowest BCUT2D eigenvalue weighted by Gasteiger charge is -2.43. The lowest BCUT2D eigenvalue weighted by atomic mass is 9.64. The first kappa shape index (κ1) is 17.2. The summed E-state index contributed by atoms with van der Waals surface area (Å²) in [7, 11) is 0. The van der Waals surface area contributed by atoms with E-state index in [0.717, 1.165) is 44.2 Å². The molecule has 1 amide bonds. The van der Waals surface area contributed by atoms with Crippen molar-refractivity contribution in [3.8, 4) is 0 Å². The van der Waals surface area contributed by atoms with Crippen molar-refractivity contribution in [1.82, 2.24) is 10.6 Å². The van der Waals surface area contributed by atoms with Gasteiger partial charge < -0.3 is 10.6 Å². The van der Waals surface area contributed by atoms with E-state index in [1.54, 1.807) is 0 Å². The van der Waals surface area contributed by atoms with Gasteiger partial charge in [0, 0.05) is 12.0 Å². The third-order valence-corrected chi connectivity index (χ3v) is 5.00. The lowest BCUT2D eigenvalue weighted by molar-refractivity contribution is -0.124. The summed E-state index contributed by atoms with van der Waals surface area (Å²) >= 11 is 0. The smallest absolute Gasteiger partial charge is 0.237 e. The van der Waals surface area contributed by atoms with Gasteiger partial charge in [-0.15, -0.1) is 12.4 Å². The minimum absolute atomic E-state index is 0. The van der Waals surface area contributed by atoms with Crippen molar-refractivity contribution < 1.29 is 9.18 Å². The van der Waals surface area contributed by atoms with Gasteiger partial charge in [-0.1, -0.05) is 25.0 Å². The molecule has 1 saturated carbocycles. The Hall–Kier alpha value is -1.13. The van der Waals surface area contributed by atoms with Gasteiger partial charge in [-0.2, -0.15) is 0 Å². The van der Waals surface area contributed by atoms with Crippen LogP contribution < -0.4 is 10.6 Å². The summed E-state index contributed by atoms with van der Waals surface area (Å²) in [6.07, 6.45) is 6.51. The second-order valence-corrected chi connectivity index (χ2v) is 6.36. The zero-order chi connectivity index (χ0) is 14.7. The molecule has 0 aromatic heterocycles. The molecule has 2 N–H and O–H groups in total. The fraction of sp³-hybridized carbons (Fsp3) is 0.588. The predicted octanol–water partition coefficient (Wildman–Crippen LogP) is 2.93. The number of carbonyl (C=O) groups is 1. The SMILES string of the molecule is Cl.O=C(NCC1(c2ccc(F)cc2)CCC1)C1CCCCN1. The van der Waals surface area contributed by atoms with Crippen molar-refractivity contribution >= 4 is 18.3 Å². The van der Waals surface area contributed by atoms with Gasteiger partial charge in [-0.05, 0) is 49.9 Å². The Kier molecular flexibility index (Phi) is 5.81. The molecule has 1 atom stereocenters. The molecule has 3 nitrogen and oxygen atoms in total. The minimum Gasteiger partial charge on any atom is -0.354 e. The zero-order valence-electron chi connectivity index (χ0n) is 12.7. The largest absolute Gasteiger partial charge is 0.354 e. The maximum atomic E-state index is 13.1. The molecule has 1 aliphatic carbocycles. The maximum Gasteiger partial charge on any atom is 0.237 e. The van der Waals surface area contributed by atoms with Gasteiger partial charge in [0.15, 0.2) is 0 Å². The van der Waals surface area contributed by atoms with Crippen LogP contribution in [0.25, 0.3) is 0 Å². The quantitative estimate of drug-likeness (QED) is 0.893. The van der Waals surface area contributed by atoms with Gasteiger partial charge in [0.05, 0.1) is 6.04 Å². The van der Waals surface area contributed by atoms with Crippen LogP contribution in [-0.2, 0) is 10.2 Å². The molecular weight excluding hydrogens is 303 g/mol. The van der Waals surface area contributed by atoms with Gasteiger partial charge in [-0.25, -0.2) is 4.39 Å². The first-order valence-electron chi connectivity index (χ1n) is 7.97. The normalized spacial score (nSPS) is 23.0. The molecular formula is C17H24ClFN2O. The van der Waals surface area contributed by atoms with Gasteiger partial charge in [0.2, 0.25) is 5.91 Å². The highest BCUT2D eigenvalue weighted by Gasteiger charge is 2.39. The number of rotatable bonds is 4. The van der Waals surface area contributed by atoms with Crippen LogP contribution in [0.1, 0.15) is 44.1 Å². The van der Waals surface area contributed by atoms with E-state index in [-0.39, 0.29) is 35.6 Å². The molecule has 2 aliphatic rings. The predicted molar refractivity (Wildman–Crippen MR) is 87.8 cm³/mol. The second-order valence-electron chi connectivity index (χ2n) is 6.36. The van der Waals surface area contributed by atoms with E-state index in [1.807, 2.05) is 12.1 Å². The fourth-order valence-electron chi connectivity index (χ4n) is 3.43. The van der Waals surface area contributed by atoms with Crippen LogP contribution in [0.3, 0.4) is 0 Å². The standard InChI is InChI=1S/C17H23FN2O.ClH/c18-14-7-5-13(6-8-14)17(9-3-10-17)12-20-16(21)15-4-1-2-11-19-15;/h5-8,15,19H,1-4,9-12H2,(H,20,21);1H. The second kappa shape index (κ2) is 7.42. The molecule has 1 aromatic rings. The molecule has 0 spiro atoms. The van der Waals surface area contributed by atoms with Crippen molar-refractivity contribution in [2.24, 2.45) is 0 Å². The van der Waals surface area contributed by atoms with E-state index in [4.69, 9.17) is 0 Å². The monoisotopic (exact) mass is 326 g/mol. The molecule has 0 radical (unpaired) electrons. The Balaban J connectivity index is 0.00000176. The Morgan fingerprint density at radius 3 is 2.50 bits per heavy atom. The van der Waals surface area contributed by atoms with Crippen molar-refractivity contribution in [3.63, 3.8) is 0 Å². The maximum absolute atomic E-state index is 13.1. The highest BCUT2D eigenvalue weighted by atomic mass is 35.5. The van der Waals surface area contributed by atoms with Crippen LogP contribution in [0.15, 0.2) is 24.3 Å². The highest BCUT2D eigenvalue weighted by molar-refractivity contribution is 5.85. The van der Waals surface area contributed by atoms with Crippen LogP contribution in [-0.4, -0.2) is 25.0 Å².